The smallest absolute Gasteiger partial charge is 0.154 e. The number of carbonyl (C=O) groups excluding carboxylic acids is 3. The highest BCUT2D eigenvalue weighted by atomic mass is 35.5. The van der Waals surface area contributed by atoms with Crippen LogP contribution in [0.3, 0.4) is 0 Å². The number of phenolic OH excluding ortho intramolecular Hbond substituents is 6. The predicted molar refractivity (Wildman–Crippen MR) is 250 cm³/mol. The number of carbonyl (C=O) groups is 3. The van der Waals surface area contributed by atoms with Gasteiger partial charge in [-0.25, -0.2) is 0 Å². The fourth-order valence-electron chi connectivity index (χ4n) is 5.94. The highest BCUT2D eigenvalue weighted by molar-refractivity contribution is 6.34. The normalized spacial score (nSPS) is 11.5. The summed E-state index contributed by atoms with van der Waals surface area (Å²) >= 11 is 17.7. The van der Waals surface area contributed by atoms with Crippen molar-refractivity contribution in [1.29, 1.82) is 0 Å². The molecule has 6 N–H and O–H groups in total. The minimum atomic E-state index is -0.260. The minimum absolute atomic E-state index is 0.0925. The molecule has 0 unspecified atom stereocenters. The molecule has 0 aliphatic carbocycles. The fraction of sp³-hybridized carbons (Fsp3) is 0.367. The Morgan fingerprint density at radius 2 is 0.787 bits per heavy atom. The summed E-state index contributed by atoms with van der Waals surface area (Å²) in [6.07, 6.45) is 18.7. The molecule has 0 aromatic heterocycles. The van der Waals surface area contributed by atoms with Crippen LogP contribution in [-0.2, 0) is 12.8 Å². The first-order valence-corrected chi connectivity index (χ1v) is 20.9. The second-order valence-corrected chi connectivity index (χ2v) is 16.6. The van der Waals surface area contributed by atoms with E-state index in [0.29, 0.717) is 59.5 Å². The van der Waals surface area contributed by atoms with Crippen molar-refractivity contribution in [2.24, 2.45) is 0 Å². The van der Waals surface area contributed by atoms with Crippen molar-refractivity contribution in [3.63, 3.8) is 0 Å². The van der Waals surface area contributed by atoms with Crippen molar-refractivity contribution in [2.45, 2.75) is 121 Å². The topological polar surface area (TPSA) is 173 Å². The van der Waals surface area contributed by atoms with Crippen molar-refractivity contribution in [3.8, 4) is 34.5 Å². The van der Waals surface area contributed by atoms with Gasteiger partial charge < -0.3 is 30.6 Å². The van der Waals surface area contributed by atoms with E-state index in [1.54, 1.807) is 20.8 Å². The van der Waals surface area contributed by atoms with E-state index in [0.717, 1.165) is 55.7 Å². The van der Waals surface area contributed by atoms with Crippen molar-refractivity contribution in [3.05, 3.63) is 124 Å². The molecular formula is C49H61Cl3O9. The Morgan fingerprint density at radius 3 is 1.13 bits per heavy atom. The maximum absolute atomic E-state index is 11.2. The van der Waals surface area contributed by atoms with Crippen LogP contribution in [0.15, 0.2) is 64.3 Å². The van der Waals surface area contributed by atoms with Crippen molar-refractivity contribution >= 4 is 53.7 Å². The van der Waals surface area contributed by atoms with Gasteiger partial charge in [0.2, 0.25) is 0 Å². The van der Waals surface area contributed by atoms with Gasteiger partial charge in [-0.15, -0.1) is 0 Å². The summed E-state index contributed by atoms with van der Waals surface area (Å²) in [5, 5.41) is 59.3. The van der Waals surface area contributed by atoms with E-state index >= 15 is 0 Å². The summed E-state index contributed by atoms with van der Waals surface area (Å²) in [4.78, 5) is 32.7. The maximum atomic E-state index is 11.2. The molecule has 9 nitrogen and oxygen atoms in total. The van der Waals surface area contributed by atoms with Crippen molar-refractivity contribution < 1.29 is 45.0 Å². The van der Waals surface area contributed by atoms with Crippen LogP contribution in [0.5, 0.6) is 34.5 Å². The molecule has 12 heteroatoms. The maximum Gasteiger partial charge on any atom is 0.154 e. The van der Waals surface area contributed by atoms with Crippen LogP contribution in [0.25, 0.3) is 0 Å². The second-order valence-electron chi connectivity index (χ2n) is 15.4. The number of halogens is 3. The average Bonchev–Trinajstić information content (AvgIpc) is 3.19. The van der Waals surface area contributed by atoms with E-state index in [1.165, 1.54) is 16.7 Å². The Kier molecular flexibility index (Phi) is 23.4. The Morgan fingerprint density at radius 1 is 0.459 bits per heavy atom. The molecule has 3 aromatic rings. The zero-order valence-electron chi connectivity index (χ0n) is 36.9. The second kappa shape index (κ2) is 26.4. The summed E-state index contributed by atoms with van der Waals surface area (Å²) in [6, 6.07) is 1.04. The zero-order valence-corrected chi connectivity index (χ0v) is 39.2. The molecule has 0 heterocycles. The van der Waals surface area contributed by atoms with E-state index in [2.05, 4.69) is 52.8 Å². The van der Waals surface area contributed by atoms with Gasteiger partial charge in [-0.2, -0.15) is 0 Å². The molecule has 0 bridgehead atoms. The van der Waals surface area contributed by atoms with Gasteiger partial charge >= 0.3 is 0 Å². The fourth-order valence-corrected chi connectivity index (χ4v) is 6.53. The van der Waals surface area contributed by atoms with Gasteiger partial charge in [0.15, 0.2) is 18.9 Å². The molecular weight excluding hydrogens is 839 g/mol. The van der Waals surface area contributed by atoms with Gasteiger partial charge in [0.25, 0.3) is 0 Å². The van der Waals surface area contributed by atoms with Crippen molar-refractivity contribution in [2.75, 3.05) is 0 Å². The molecule has 0 saturated heterocycles. The van der Waals surface area contributed by atoms with Crippen LogP contribution < -0.4 is 0 Å². The molecule has 0 aliphatic heterocycles. The highest BCUT2D eigenvalue weighted by Gasteiger charge is 2.20. The Labute approximate surface area is 376 Å². The summed E-state index contributed by atoms with van der Waals surface area (Å²) < 4.78 is 0. The molecule has 61 heavy (non-hydrogen) atoms. The van der Waals surface area contributed by atoms with Gasteiger partial charge in [-0.3, -0.25) is 14.4 Å². The summed E-state index contributed by atoms with van der Waals surface area (Å²) in [6.45, 7) is 19.3. The Hall–Kier alpha value is -4.96. The molecule has 0 fully saturated rings. The van der Waals surface area contributed by atoms with Gasteiger partial charge in [0.1, 0.15) is 34.5 Å². The zero-order chi connectivity index (χ0) is 46.7. The van der Waals surface area contributed by atoms with E-state index in [9.17, 15) is 34.8 Å². The molecule has 0 spiro atoms. The van der Waals surface area contributed by atoms with Crippen LogP contribution in [0.1, 0.15) is 146 Å². The lowest BCUT2D eigenvalue weighted by Gasteiger charge is -2.13. The largest absolute Gasteiger partial charge is 0.507 e. The quantitative estimate of drug-likeness (QED) is 0.0604. The number of hydrogen-bond donors (Lipinski definition) is 6. The molecule has 3 rings (SSSR count). The van der Waals surface area contributed by atoms with E-state index in [4.69, 9.17) is 45.0 Å². The number of phenols is 6. The molecule has 3 aromatic carbocycles. The molecule has 0 amide bonds. The molecule has 0 atom stereocenters. The first-order valence-electron chi connectivity index (χ1n) is 19.8. The number of benzene rings is 3. The summed E-state index contributed by atoms with van der Waals surface area (Å²) in [5.41, 5.74) is 8.44. The van der Waals surface area contributed by atoms with Gasteiger partial charge in [0, 0.05) is 17.2 Å². The van der Waals surface area contributed by atoms with Gasteiger partial charge in [-0.1, -0.05) is 93.0 Å². The SMILES string of the molecule is CC(C)=CCC/C(C)=C/CC/C(C)=C/Cc1c(O)c(Cl)c(C)c(C=O)c1O.CC(C)=CCC/C(C)=C/Cc1c(O)c(Cl)c(C)c(C=O)c1O.Cc1c(Cl)c(O)cc(O)c1C=O. The standard InChI is InChI=1S/C23H31ClO3.C18H23ClO3.C8H7ClO3/c1-15(2)8-6-9-16(3)10-7-11-17(4)12-13-19-22(26)20(14-25)18(5)21(24)23(19)27;1-11(2)6-5-7-12(3)8-9-14-17(21)15(10-20)13(4)16(19)18(14)22;1-4-5(3-10)6(11)2-7(12)8(4)9/h8,10,12,14,26-27H,6-7,9,11,13H2,1-5H3;6,8,10,21-22H,5,7,9H2,1-4H3;2-3,11-12H,1H3/b16-10+,17-12+;12-8+;. The molecule has 0 saturated carbocycles. The van der Waals surface area contributed by atoms with Gasteiger partial charge in [-0.05, 0) is 137 Å². The lowest BCUT2D eigenvalue weighted by atomic mass is 9.99. The van der Waals surface area contributed by atoms with Gasteiger partial charge in [0.05, 0.1) is 31.8 Å². The lowest BCUT2D eigenvalue weighted by molar-refractivity contribution is 0.111. The number of aldehydes is 3. The van der Waals surface area contributed by atoms with Crippen LogP contribution >= 0.6 is 34.8 Å². The third-order valence-corrected chi connectivity index (χ3v) is 11.3. The molecule has 0 aliphatic rings. The molecule has 0 radical (unpaired) electrons. The van der Waals surface area contributed by atoms with E-state index in [1.807, 2.05) is 26.0 Å². The number of hydrogen-bond acceptors (Lipinski definition) is 9. The first kappa shape index (κ1) is 54.1. The average molecular weight is 900 g/mol. The number of allylic oxidation sites excluding steroid dienone is 10. The Balaban J connectivity index is 0.000000489. The third-order valence-electron chi connectivity index (χ3n) is 9.92. The monoisotopic (exact) mass is 898 g/mol. The lowest BCUT2D eigenvalue weighted by Crippen LogP contribution is -1.96. The summed E-state index contributed by atoms with van der Waals surface area (Å²) in [7, 11) is 0. The highest BCUT2D eigenvalue weighted by Crippen LogP contribution is 2.42. The van der Waals surface area contributed by atoms with Crippen molar-refractivity contribution in [1.82, 2.24) is 0 Å². The van der Waals surface area contributed by atoms with Crippen LogP contribution in [0.4, 0.5) is 0 Å². The predicted octanol–water partition coefficient (Wildman–Crippen LogP) is 13.8. The van der Waals surface area contributed by atoms with E-state index < -0.39 is 0 Å². The Bertz CT molecular complexity index is 2200. The minimum Gasteiger partial charge on any atom is -0.507 e. The van der Waals surface area contributed by atoms with E-state index in [-0.39, 0.29) is 66.3 Å². The van der Waals surface area contributed by atoms with Crippen LogP contribution in [0, 0.1) is 20.8 Å². The first-order chi connectivity index (χ1) is 28.5. The third kappa shape index (κ3) is 16.4. The number of aromatic hydroxyl groups is 6. The van der Waals surface area contributed by atoms with Crippen LogP contribution in [0.2, 0.25) is 15.1 Å². The summed E-state index contributed by atoms with van der Waals surface area (Å²) in [5.74, 6) is -1.18. The van der Waals surface area contributed by atoms with Crippen LogP contribution in [-0.4, -0.2) is 49.5 Å². The number of rotatable bonds is 16. The molecule has 332 valence electrons.